The van der Waals surface area contributed by atoms with E-state index in [1.165, 1.54) is 18.5 Å². The first-order valence-corrected chi connectivity index (χ1v) is 10.6. The summed E-state index contributed by atoms with van der Waals surface area (Å²) in [5, 5.41) is 13.2. The number of hydrogen-bond donors (Lipinski definition) is 3. The van der Waals surface area contributed by atoms with Crippen molar-refractivity contribution in [2.75, 3.05) is 17.6 Å². The molecule has 0 radical (unpaired) electrons. The Balaban J connectivity index is 2.02. The summed E-state index contributed by atoms with van der Waals surface area (Å²) in [4.78, 5) is 21.8. The van der Waals surface area contributed by atoms with Crippen molar-refractivity contribution in [1.29, 1.82) is 5.26 Å². The van der Waals surface area contributed by atoms with E-state index in [0.29, 0.717) is 40.0 Å². The van der Waals surface area contributed by atoms with Crippen LogP contribution in [0.25, 0.3) is 22.2 Å². The van der Waals surface area contributed by atoms with Crippen LogP contribution in [0.4, 0.5) is 16.0 Å². The van der Waals surface area contributed by atoms with Gasteiger partial charge in [-0.05, 0) is 44.2 Å². The molecule has 5 N–H and O–H groups in total. The SMILES string of the molecule is CCN=C(N)c1c(-c2ccccn2)c(C(C)Nc2ncnc(N)c2C#N)nc2ccc(F)cc12. The smallest absolute Gasteiger partial charge is 0.150 e. The van der Waals surface area contributed by atoms with Crippen molar-refractivity contribution in [3.05, 3.63) is 71.6 Å². The average Bonchev–Trinajstić information content (AvgIpc) is 2.83. The molecule has 0 bridgehead atoms. The molecular weight excluding hydrogens is 433 g/mol. The van der Waals surface area contributed by atoms with E-state index in [2.05, 4.69) is 25.3 Å². The molecular formula is C24H22FN9. The van der Waals surface area contributed by atoms with Gasteiger partial charge < -0.3 is 16.8 Å². The van der Waals surface area contributed by atoms with E-state index in [9.17, 15) is 9.65 Å². The van der Waals surface area contributed by atoms with Crippen LogP contribution in [0, 0.1) is 17.1 Å². The molecule has 0 saturated heterocycles. The first-order valence-electron chi connectivity index (χ1n) is 10.6. The Morgan fingerprint density at radius 2 is 2.06 bits per heavy atom. The number of nitrogens with zero attached hydrogens (tertiary/aromatic N) is 6. The predicted molar refractivity (Wildman–Crippen MR) is 129 cm³/mol. The van der Waals surface area contributed by atoms with Crippen molar-refractivity contribution >= 4 is 28.4 Å². The van der Waals surface area contributed by atoms with Gasteiger partial charge in [0.25, 0.3) is 0 Å². The second kappa shape index (κ2) is 9.46. The number of anilines is 2. The molecule has 4 rings (SSSR count). The fourth-order valence-corrected chi connectivity index (χ4v) is 3.75. The number of hydrogen-bond acceptors (Lipinski definition) is 8. The maximum atomic E-state index is 14.3. The number of nitriles is 1. The second-order valence-electron chi connectivity index (χ2n) is 7.44. The zero-order chi connectivity index (χ0) is 24.2. The molecule has 1 aromatic carbocycles. The summed E-state index contributed by atoms with van der Waals surface area (Å²) < 4.78 is 14.3. The predicted octanol–water partition coefficient (Wildman–Crippen LogP) is 3.58. The summed E-state index contributed by atoms with van der Waals surface area (Å²) >= 11 is 0. The highest BCUT2D eigenvalue weighted by molar-refractivity contribution is 6.13. The monoisotopic (exact) mass is 455 g/mol. The van der Waals surface area contributed by atoms with Gasteiger partial charge in [-0.1, -0.05) is 6.07 Å². The summed E-state index contributed by atoms with van der Waals surface area (Å²) in [6.45, 7) is 4.17. The quantitative estimate of drug-likeness (QED) is 0.295. The van der Waals surface area contributed by atoms with Crippen LogP contribution in [0.1, 0.15) is 36.7 Å². The van der Waals surface area contributed by atoms with Gasteiger partial charge in [0, 0.05) is 29.3 Å². The van der Waals surface area contributed by atoms with Crippen LogP contribution >= 0.6 is 0 Å². The largest absolute Gasteiger partial charge is 0.383 e. The van der Waals surface area contributed by atoms with Gasteiger partial charge in [0.15, 0.2) is 0 Å². The number of benzene rings is 1. The summed E-state index contributed by atoms with van der Waals surface area (Å²) in [5.74, 6) is 0.172. The Labute approximate surface area is 195 Å². The molecule has 3 aromatic heterocycles. The zero-order valence-electron chi connectivity index (χ0n) is 18.6. The minimum Gasteiger partial charge on any atom is -0.383 e. The van der Waals surface area contributed by atoms with Crippen molar-refractivity contribution in [3.8, 4) is 17.3 Å². The highest BCUT2D eigenvalue weighted by Gasteiger charge is 2.25. The molecule has 0 amide bonds. The fraction of sp³-hybridized carbons (Fsp3) is 0.167. The lowest BCUT2D eigenvalue weighted by molar-refractivity contribution is 0.629. The highest BCUT2D eigenvalue weighted by Crippen LogP contribution is 2.36. The van der Waals surface area contributed by atoms with E-state index in [1.54, 1.807) is 18.3 Å². The number of aromatic nitrogens is 4. The third-order valence-electron chi connectivity index (χ3n) is 5.23. The van der Waals surface area contributed by atoms with Crippen LogP contribution in [0.2, 0.25) is 0 Å². The molecule has 0 saturated carbocycles. The number of nitrogen functional groups attached to an aromatic ring is 1. The van der Waals surface area contributed by atoms with Crippen molar-refractivity contribution in [2.24, 2.45) is 10.7 Å². The van der Waals surface area contributed by atoms with Crippen LogP contribution in [0.5, 0.6) is 0 Å². The second-order valence-corrected chi connectivity index (χ2v) is 7.44. The van der Waals surface area contributed by atoms with Gasteiger partial charge in [-0.3, -0.25) is 9.98 Å². The average molecular weight is 456 g/mol. The number of nitrogens with two attached hydrogens (primary N) is 2. The maximum Gasteiger partial charge on any atom is 0.150 e. The Bertz CT molecular complexity index is 1430. The molecule has 4 aromatic rings. The lowest BCUT2D eigenvalue weighted by Crippen LogP contribution is -2.20. The third kappa shape index (κ3) is 4.19. The maximum absolute atomic E-state index is 14.3. The molecule has 3 heterocycles. The Hall–Kier alpha value is -4.65. The van der Waals surface area contributed by atoms with E-state index in [4.69, 9.17) is 16.5 Å². The standard InChI is InChI=1S/C24H22FN9/c1-3-29-23(28)19-15-10-14(25)7-8-17(15)34-21(20(19)18-6-4-5-9-30-18)13(2)33-24-16(11-26)22(27)31-12-32-24/h4-10,12-13H,3H2,1-2H3,(H2,28,29)(H3,27,31,32,33). The van der Waals surface area contributed by atoms with E-state index in [1.807, 2.05) is 32.0 Å². The third-order valence-corrected chi connectivity index (χ3v) is 5.23. The zero-order valence-corrected chi connectivity index (χ0v) is 18.6. The normalized spacial score (nSPS) is 12.4. The van der Waals surface area contributed by atoms with E-state index < -0.39 is 11.9 Å². The first kappa shape index (κ1) is 22.5. The fourth-order valence-electron chi connectivity index (χ4n) is 3.75. The van der Waals surface area contributed by atoms with Gasteiger partial charge in [0.2, 0.25) is 0 Å². The lowest BCUT2D eigenvalue weighted by Gasteiger charge is -2.22. The number of halogens is 1. The molecule has 0 fully saturated rings. The Morgan fingerprint density at radius 1 is 1.24 bits per heavy atom. The summed E-state index contributed by atoms with van der Waals surface area (Å²) in [6.07, 6.45) is 2.93. The molecule has 0 aliphatic rings. The molecule has 1 unspecified atom stereocenters. The molecule has 170 valence electrons. The minimum atomic E-state index is -0.471. The summed E-state index contributed by atoms with van der Waals surface area (Å²) in [5.41, 5.74) is 15.2. The van der Waals surface area contributed by atoms with Crippen molar-refractivity contribution in [2.45, 2.75) is 19.9 Å². The van der Waals surface area contributed by atoms with Gasteiger partial charge in [-0.2, -0.15) is 5.26 Å². The number of nitrogens with one attached hydrogen (secondary N) is 1. The van der Waals surface area contributed by atoms with Gasteiger partial charge in [-0.15, -0.1) is 0 Å². The molecule has 34 heavy (non-hydrogen) atoms. The van der Waals surface area contributed by atoms with E-state index in [0.717, 1.165) is 0 Å². The molecule has 10 heteroatoms. The Kier molecular flexibility index (Phi) is 6.27. The lowest BCUT2D eigenvalue weighted by atomic mass is 9.94. The number of rotatable bonds is 6. The molecule has 0 aliphatic heterocycles. The van der Waals surface area contributed by atoms with Crippen LogP contribution in [0.3, 0.4) is 0 Å². The van der Waals surface area contributed by atoms with Crippen LogP contribution in [-0.4, -0.2) is 32.3 Å². The Morgan fingerprint density at radius 3 is 2.76 bits per heavy atom. The number of pyridine rings is 2. The molecule has 0 spiro atoms. The van der Waals surface area contributed by atoms with Crippen LogP contribution in [0.15, 0.2) is 53.9 Å². The van der Waals surface area contributed by atoms with Gasteiger partial charge in [-0.25, -0.2) is 19.3 Å². The van der Waals surface area contributed by atoms with Crippen LogP contribution < -0.4 is 16.8 Å². The van der Waals surface area contributed by atoms with E-state index in [-0.39, 0.29) is 23.0 Å². The molecule has 9 nitrogen and oxygen atoms in total. The molecule has 0 aliphatic carbocycles. The number of fused-ring (bicyclic) bond motifs is 1. The van der Waals surface area contributed by atoms with Gasteiger partial charge >= 0.3 is 0 Å². The van der Waals surface area contributed by atoms with Crippen molar-refractivity contribution in [1.82, 2.24) is 19.9 Å². The molecule has 1 atom stereocenters. The van der Waals surface area contributed by atoms with Gasteiger partial charge in [0.05, 0.1) is 22.9 Å². The van der Waals surface area contributed by atoms with Crippen molar-refractivity contribution in [3.63, 3.8) is 0 Å². The van der Waals surface area contributed by atoms with Gasteiger partial charge in [0.1, 0.15) is 41.2 Å². The van der Waals surface area contributed by atoms with Crippen molar-refractivity contribution < 1.29 is 4.39 Å². The highest BCUT2D eigenvalue weighted by atomic mass is 19.1. The van der Waals surface area contributed by atoms with Crippen LogP contribution in [-0.2, 0) is 0 Å². The number of amidine groups is 1. The topological polar surface area (TPSA) is 152 Å². The summed E-state index contributed by atoms with van der Waals surface area (Å²) in [6, 6.07) is 11.3. The number of aliphatic imine (C=N–C) groups is 1. The minimum absolute atomic E-state index is 0.0686. The first-order chi connectivity index (χ1) is 16.4. The summed E-state index contributed by atoms with van der Waals surface area (Å²) in [7, 11) is 0. The van der Waals surface area contributed by atoms with E-state index >= 15 is 0 Å².